The molecule has 0 heterocycles. The lowest BCUT2D eigenvalue weighted by Crippen LogP contribution is -2.12. The Morgan fingerprint density at radius 1 is 1.14 bits per heavy atom. The lowest BCUT2D eigenvalue weighted by molar-refractivity contribution is 0.482. The van der Waals surface area contributed by atoms with Crippen molar-refractivity contribution in [2.24, 2.45) is 0 Å². The van der Waals surface area contributed by atoms with Crippen molar-refractivity contribution < 1.29 is 4.74 Å². The van der Waals surface area contributed by atoms with Crippen LogP contribution in [0.1, 0.15) is 18.5 Å². The first-order chi connectivity index (χ1) is 10.0. The van der Waals surface area contributed by atoms with Gasteiger partial charge in [0.05, 0.1) is 5.02 Å². The van der Waals surface area contributed by atoms with Gasteiger partial charge in [-0.3, -0.25) is 0 Å². The van der Waals surface area contributed by atoms with Gasteiger partial charge < -0.3 is 15.0 Å². The molecule has 0 saturated heterocycles. The first kappa shape index (κ1) is 15.7. The molecular formula is C17H21ClN2O. The van der Waals surface area contributed by atoms with Crippen molar-refractivity contribution in [1.82, 2.24) is 5.32 Å². The van der Waals surface area contributed by atoms with Crippen LogP contribution >= 0.6 is 11.6 Å². The van der Waals surface area contributed by atoms with E-state index in [1.54, 1.807) is 0 Å². The van der Waals surface area contributed by atoms with Crippen LogP contribution in [0.2, 0.25) is 5.02 Å². The van der Waals surface area contributed by atoms with E-state index in [-0.39, 0.29) is 6.04 Å². The summed E-state index contributed by atoms with van der Waals surface area (Å²) in [5.41, 5.74) is 2.22. The SMILES string of the molecule is CNC(C)c1ccc(Oc2cccc(N(C)C)c2)c(Cl)c1. The third-order valence-corrected chi connectivity index (χ3v) is 3.75. The molecular weight excluding hydrogens is 284 g/mol. The Morgan fingerprint density at radius 2 is 1.90 bits per heavy atom. The minimum absolute atomic E-state index is 0.258. The fraction of sp³-hybridized carbons (Fsp3) is 0.294. The number of rotatable bonds is 5. The molecule has 4 heteroatoms. The maximum atomic E-state index is 6.32. The van der Waals surface area contributed by atoms with Gasteiger partial charge >= 0.3 is 0 Å². The van der Waals surface area contributed by atoms with E-state index in [9.17, 15) is 0 Å². The van der Waals surface area contributed by atoms with E-state index in [1.807, 2.05) is 68.5 Å². The molecule has 3 nitrogen and oxygen atoms in total. The monoisotopic (exact) mass is 304 g/mol. The highest BCUT2D eigenvalue weighted by molar-refractivity contribution is 6.32. The molecule has 0 aliphatic heterocycles. The Bertz CT molecular complexity index is 613. The summed E-state index contributed by atoms with van der Waals surface area (Å²) in [4.78, 5) is 2.03. The standard InChI is InChI=1S/C17H21ClN2O/c1-12(19-2)13-8-9-17(16(18)10-13)21-15-7-5-6-14(11-15)20(3)4/h5-12,19H,1-4H3. The Balaban J connectivity index is 2.22. The second kappa shape index (κ2) is 6.83. The molecule has 0 amide bonds. The van der Waals surface area contributed by atoms with Crippen molar-refractivity contribution in [3.8, 4) is 11.5 Å². The average molecular weight is 305 g/mol. The summed E-state index contributed by atoms with van der Waals surface area (Å²) in [6.45, 7) is 2.09. The van der Waals surface area contributed by atoms with Crippen LogP contribution in [-0.4, -0.2) is 21.1 Å². The van der Waals surface area contributed by atoms with Crippen molar-refractivity contribution in [3.63, 3.8) is 0 Å². The summed E-state index contributed by atoms with van der Waals surface area (Å²) < 4.78 is 5.89. The van der Waals surface area contributed by atoms with Crippen molar-refractivity contribution in [3.05, 3.63) is 53.1 Å². The molecule has 1 unspecified atom stereocenters. The molecule has 2 rings (SSSR count). The fourth-order valence-electron chi connectivity index (χ4n) is 1.99. The van der Waals surface area contributed by atoms with Gasteiger partial charge in [0.15, 0.2) is 0 Å². The van der Waals surface area contributed by atoms with Gasteiger partial charge in [-0.2, -0.15) is 0 Å². The van der Waals surface area contributed by atoms with E-state index in [0.29, 0.717) is 10.8 Å². The molecule has 0 fully saturated rings. The highest BCUT2D eigenvalue weighted by atomic mass is 35.5. The molecule has 1 N–H and O–H groups in total. The molecule has 2 aromatic rings. The average Bonchev–Trinajstić information content (AvgIpc) is 2.48. The van der Waals surface area contributed by atoms with Gasteiger partial charge in [-0.05, 0) is 43.8 Å². The molecule has 0 bridgehead atoms. The summed E-state index contributed by atoms with van der Waals surface area (Å²) in [7, 11) is 5.93. The lowest BCUT2D eigenvalue weighted by atomic mass is 10.1. The molecule has 112 valence electrons. The number of nitrogens with zero attached hydrogens (tertiary/aromatic N) is 1. The number of anilines is 1. The smallest absolute Gasteiger partial charge is 0.146 e. The van der Waals surface area contributed by atoms with Crippen LogP contribution in [0, 0.1) is 0 Å². The number of hydrogen-bond acceptors (Lipinski definition) is 3. The Labute approximate surface area is 131 Å². The largest absolute Gasteiger partial charge is 0.456 e. The minimum Gasteiger partial charge on any atom is -0.456 e. The van der Waals surface area contributed by atoms with Crippen LogP contribution in [0.25, 0.3) is 0 Å². The van der Waals surface area contributed by atoms with E-state index in [2.05, 4.69) is 12.2 Å². The van der Waals surface area contributed by atoms with Crippen LogP contribution in [0.5, 0.6) is 11.5 Å². The van der Waals surface area contributed by atoms with Gasteiger partial charge in [-0.25, -0.2) is 0 Å². The van der Waals surface area contributed by atoms with E-state index in [1.165, 1.54) is 0 Å². The third-order valence-electron chi connectivity index (χ3n) is 3.45. The zero-order valence-electron chi connectivity index (χ0n) is 12.9. The van der Waals surface area contributed by atoms with Crippen molar-refractivity contribution in [2.75, 3.05) is 26.0 Å². The highest BCUT2D eigenvalue weighted by Crippen LogP contribution is 2.32. The first-order valence-electron chi connectivity index (χ1n) is 6.93. The van der Waals surface area contributed by atoms with Gasteiger partial charge in [0, 0.05) is 31.9 Å². The van der Waals surface area contributed by atoms with Gasteiger partial charge in [0.25, 0.3) is 0 Å². The quantitative estimate of drug-likeness (QED) is 0.881. The first-order valence-corrected chi connectivity index (χ1v) is 7.31. The normalized spacial score (nSPS) is 12.0. The fourth-order valence-corrected chi connectivity index (χ4v) is 2.22. The second-order valence-electron chi connectivity index (χ2n) is 5.19. The molecule has 0 aliphatic carbocycles. The summed E-state index contributed by atoms with van der Waals surface area (Å²) in [6, 6.07) is 14.0. The second-order valence-corrected chi connectivity index (χ2v) is 5.60. The van der Waals surface area contributed by atoms with Crippen LogP contribution in [0.4, 0.5) is 5.69 Å². The number of benzene rings is 2. The van der Waals surface area contributed by atoms with Crippen LogP contribution < -0.4 is 15.0 Å². The molecule has 0 spiro atoms. The highest BCUT2D eigenvalue weighted by Gasteiger charge is 2.08. The molecule has 2 aromatic carbocycles. The van der Waals surface area contributed by atoms with Gasteiger partial charge in [0.2, 0.25) is 0 Å². The van der Waals surface area contributed by atoms with Crippen LogP contribution in [0.3, 0.4) is 0 Å². The van der Waals surface area contributed by atoms with E-state index < -0.39 is 0 Å². The Kier molecular flexibility index (Phi) is 5.10. The molecule has 0 saturated carbocycles. The third kappa shape index (κ3) is 3.90. The zero-order valence-corrected chi connectivity index (χ0v) is 13.6. The Hall–Kier alpha value is -1.71. The number of halogens is 1. The van der Waals surface area contributed by atoms with Gasteiger partial charge in [0.1, 0.15) is 11.5 Å². The summed E-state index contributed by atoms with van der Waals surface area (Å²) in [5, 5.41) is 3.81. The minimum atomic E-state index is 0.258. The summed E-state index contributed by atoms with van der Waals surface area (Å²) in [6.07, 6.45) is 0. The van der Waals surface area contributed by atoms with Crippen molar-refractivity contribution >= 4 is 17.3 Å². The van der Waals surface area contributed by atoms with Gasteiger partial charge in [-0.1, -0.05) is 23.7 Å². The molecule has 0 aliphatic rings. The lowest BCUT2D eigenvalue weighted by Gasteiger charge is -2.15. The van der Waals surface area contributed by atoms with Crippen LogP contribution in [0.15, 0.2) is 42.5 Å². The van der Waals surface area contributed by atoms with Gasteiger partial charge in [-0.15, -0.1) is 0 Å². The van der Waals surface area contributed by atoms with Crippen molar-refractivity contribution in [1.29, 1.82) is 0 Å². The van der Waals surface area contributed by atoms with E-state index in [4.69, 9.17) is 16.3 Å². The zero-order chi connectivity index (χ0) is 15.4. The summed E-state index contributed by atoms with van der Waals surface area (Å²) >= 11 is 6.32. The number of ether oxygens (including phenoxy) is 1. The number of nitrogens with one attached hydrogen (secondary N) is 1. The maximum Gasteiger partial charge on any atom is 0.146 e. The predicted molar refractivity (Wildman–Crippen MR) is 89.8 cm³/mol. The van der Waals surface area contributed by atoms with Crippen LogP contribution in [-0.2, 0) is 0 Å². The molecule has 21 heavy (non-hydrogen) atoms. The molecule has 0 radical (unpaired) electrons. The van der Waals surface area contributed by atoms with E-state index in [0.717, 1.165) is 17.0 Å². The summed E-state index contributed by atoms with van der Waals surface area (Å²) in [5.74, 6) is 1.44. The molecule has 0 aromatic heterocycles. The Morgan fingerprint density at radius 3 is 2.52 bits per heavy atom. The van der Waals surface area contributed by atoms with Crippen molar-refractivity contribution in [2.45, 2.75) is 13.0 Å². The van der Waals surface area contributed by atoms with E-state index >= 15 is 0 Å². The number of hydrogen-bond donors (Lipinski definition) is 1. The topological polar surface area (TPSA) is 24.5 Å². The maximum absolute atomic E-state index is 6.32. The predicted octanol–water partition coefficient (Wildman–Crippen LogP) is 4.48. The molecule has 1 atom stereocenters.